The molecule has 0 saturated carbocycles. The Bertz CT molecular complexity index is 343. The van der Waals surface area contributed by atoms with Gasteiger partial charge in [-0.25, -0.2) is 0 Å². The Hall–Kier alpha value is -1.13. The van der Waals surface area contributed by atoms with Crippen LogP contribution >= 0.6 is 11.6 Å². The van der Waals surface area contributed by atoms with E-state index in [0.29, 0.717) is 10.6 Å². The smallest absolute Gasteiger partial charge is 0.240 e. The van der Waals surface area contributed by atoms with E-state index in [0.717, 1.165) is 0 Å². The predicted molar refractivity (Wildman–Crippen MR) is 52.9 cm³/mol. The van der Waals surface area contributed by atoms with E-state index in [9.17, 15) is 15.2 Å². The van der Waals surface area contributed by atoms with E-state index < -0.39 is 17.1 Å². The number of benzene rings is 1. The lowest BCUT2D eigenvalue weighted by Crippen LogP contribution is -2.24. The van der Waals surface area contributed by atoms with Crippen molar-refractivity contribution in [2.45, 2.75) is 19.1 Å². The molecular weight excluding hydrogens is 206 g/mol. The third-order valence-corrected chi connectivity index (χ3v) is 2.36. The maximum Gasteiger partial charge on any atom is 0.240 e. The highest BCUT2D eigenvalue weighted by atomic mass is 35.5. The predicted octanol–water partition coefficient (Wildman–Crippen LogP) is 2.04. The lowest BCUT2D eigenvalue weighted by molar-refractivity contribution is -0.531. The van der Waals surface area contributed by atoms with Crippen LogP contribution in [-0.4, -0.2) is 16.1 Å². The summed E-state index contributed by atoms with van der Waals surface area (Å²) in [5, 5.41) is 20.4. The van der Waals surface area contributed by atoms with Gasteiger partial charge in [0.25, 0.3) is 0 Å². The fourth-order valence-corrected chi connectivity index (χ4v) is 1.34. The molecule has 0 aliphatic heterocycles. The van der Waals surface area contributed by atoms with Crippen LogP contribution < -0.4 is 0 Å². The van der Waals surface area contributed by atoms with Crippen molar-refractivity contribution in [2.24, 2.45) is 0 Å². The normalized spacial score (nSPS) is 14.8. The Labute approximate surface area is 86.3 Å². The van der Waals surface area contributed by atoms with Gasteiger partial charge in [-0.15, -0.1) is 0 Å². The van der Waals surface area contributed by atoms with Gasteiger partial charge in [0.15, 0.2) is 0 Å². The van der Waals surface area contributed by atoms with E-state index in [1.54, 1.807) is 24.3 Å². The van der Waals surface area contributed by atoms with Gasteiger partial charge in [-0.1, -0.05) is 29.8 Å². The van der Waals surface area contributed by atoms with E-state index >= 15 is 0 Å². The molecule has 0 saturated heterocycles. The lowest BCUT2D eigenvalue weighted by Gasteiger charge is -2.13. The topological polar surface area (TPSA) is 63.4 Å². The van der Waals surface area contributed by atoms with Gasteiger partial charge in [-0.05, 0) is 6.07 Å². The zero-order valence-electron chi connectivity index (χ0n) is 7.55. The van der Waals surface area contributed by atoms with Gasteiger partial charge in [0.2, 0.25) is 6.04 Å². The van der Waals surface area contributed by atoms with Crippen molar-refractivity contribution in [1.29, 1.82) is 0 Å². The zero-order chi connectivity index (χ0) is 10.7. The summed E-state index contributed by atoms with van der Waals surface area (Å²) in [6, 6.07) is 5.49. The number of hydrogen-bond acceptors (Lipinski definition) is 3. The second kappa shape index (κ2) is 4.39. The Morgan fingerprint density at radius 2 is 2.07 bits per heavy atom. The number of hydrogen-bond donors (Lipinski definition) is 1. The van der Waals surface area contributed by atoms with Crippen molar-refractivity contribution in [2.75, 3.05) is 0 Å². The zero-order valence-corrected chi connectivity index (χ0v) is 8.31. The summed E-state index contributed by atoms with van der Waals surface area (Å²) in [7, 11) is 0. The molecule has 0 amide bonds. The van der Waals surface area contributed by atoms with Crippen LogP contribution in [0.5, 0.6) is 0 Å². The van der Waals surface area contributed by atoms with Crippen molar-refractivity contribution in [3.05, 3.63) is 45.0 Å². The first-order valence-corrected chi connectivity index (χ1v) is 4.48. The summed E-state index contributed by atoms with van der Waals surface area (Å²) in [5.74, 6) is 0. The minimum absolute atomic E-state index is 0.341. The molecule has 0 aliphatic rings. The molecule has 5 heteroatoms. The van der Waals surface area contributed by atoms with Crippen molar-refractivity contribution in [3.63, 3.8) is 0 Å². The molecule has 4 nitrogen and oxygen atoms in total. The molecule has 1 aromatic carbocycles. The minimum Gasteiger partial charge on any atom is -0.381 e. The summed E-state index contributed by atoms with van der Waals surface area (Å²) >= 11 is 5.79. The van der Waals surface area contributed by atoms with Crippen LogP contribution in [0.2, 0.25) is 5.02 Å². The second-order valence-electron chi connectivity index (χ2n) is 2.99. The third-order valence-electron chi connectivity index (χ3n) is 2.01. The second-order valence-corrected chi connectivity index (χ2v) is 3.40. The first-order chi connectivity index (χ1) is 6.54. The van der Waals surface area contributed by atoms with Crippen LogP contribution in [0.25, 0.3) is 0 Å². The van der Waals surface area contributed by atoms with Crippen molar-refractivity contribution >= 4 is 11.6 Å². The van der Waals surface area contributed by atoms with E-state index in [1.807, 2.05) is 0 Å². The fourth-order valence-electron chi connectivity index (χ4n) is 1.09. The van der Waals surface area contributed by atoms with Crippen LogP contribution in [0, 0.1) is 10.1 Å². The molecule has 1 N–H and O–H groups in total. The van der Waals surface area contributed by atoms with E-state index in [4.69, 9.17) is 11.6 Å². The Morgan fingerprint density at radius 3 is 2.57 bits per heavy atom. The molecule has 14 heavy (non-hydrogen) atoms. The highest BCUT2D eigenvalue weighted by Crippen LogP contribution is 2.25. The first-order valence-electron chi connectivity index (χ1n) is 4.10. The highest BCUT2D eigenvalue weighted by Gasteiger charge is 2.27. The molecule has 0 aliphatic carbocycles. The Morgan fingerprint density at radius 1 is 1.50 bits per heavy atom. The third kappa shape index (κ3) is 2.21. The lowest BCUT2D eigenvalue weighted by atomic mass is 10.0. The average Bonchev–Trinajstić information content (AvgIpc) is 2.16. The molecule has 76 valence electrons. The van der Waals surface area contributed by atoms with Gasteiger partial charge in [0, 0.05) is 22.4 Å². The van der Waals surface area contributed by atoms with Crippen molar-refractivity contribution in [1.82, 2.24) is 0 Å². The van der Waals surface area contributed by atoms with Gasteiger partial charge in [0.05, 0.1) is 0 Å². The molecular formula is C9H10ClNO3. The molecule has 0 spiro atoms. The number of rotatable bonds is 3. The van der Waals surface area contributed by atoms with Crippen molar-refractivity contribution < 1.29 is 10.0 Å². The fraction of sp³-hybridized carbons (Fsp3) is 0.333. The number of aliphatic hydroxyl groups excluding tert-OH is 1. The van der Waals surface area contributed by atoms with Gasteiger partial charge in [-0.2, -0.15) is 0 Å². The van der Waals surface area contributed by atoms with Gasteiger partial charge >= 0.3 is 0 Å². The highest BCUT2D eigenvalue weighted by molar-refractivity contribution is 6.31. The molecule has 0 unspecified atom stereocenters. The molecule has 0 aromatic heterocycles. The van der Waals surface area contributed by atoms with E-state index in [2.05, 4.69) is 0 Å². The molecule has 1 aromatic rings. The largest absolute Gasteiger partial charge is 0.381 e. The van der Waals surface area contributed by atoms with Crippen LogP contribution in [0.3, 0.4) is 0 Å². The minimum atomic E-state index is -1.17. The summed E-state index contributed by atoms with van der Waals surface area (Å²) in [6.45, 7) is 1.34. The molecule has 1 rings (SSSR count). The number of nitrogens with zero attached hydrogens (tertiary/aromatic N) is 1. The van der Waals surface area contributed by atoms with Crippen molar-refractivity contribution in [3.8, 4) is 0 Å². The SMILES string of the molecule is C[C@@H]([C@@H](O)c1ccccc1Cl)[N+](=O)[O-]. The van der Waals surface area contributed by atoms with E-state index in [-0.39, 0.29) is 0 Å². The molecule has 2 atom stereocenters. The van der Waals surface area contributed by atoms with Gasteiger partial charge < -0.3 is 5.11 Å². The summed E-state index contributed by atoms with van der Waals surface area (Å²) in [4.78, 5) is 9.89. The number of aliphatic hydroxyl groups is 1. The maximum absolute atomic E-state index is 10.4. The summed E-state index contributed by atoms with van der Waals surface area (Å²) in [6.07, 6.45) is -1.17. The Balaban J connectivity index is 2.94. The molecule has 0 bridgehead atoms. The van der Waals surface area contributed by atoms with Crippen LogP contribution in [0.4, 0.5) is 0 Å². The van der Waals surface area contributed by atoms with Crippen LogP contribution in [-0.2, 0) is 0 Å². The summed E-state index contributed by atoms with van der Waals surface area (Å²) in [5.41, 5.74) is 0.387. The number of halogens is 1. The van der Waals surface area contributed by atoms with Gasteiger partial charge in [-0.3, -0.25) is 10.1 Å². The quantitative estimate of drug-likeness (QED) is 0.620. The summed E-state index contributed by atoms with van der Waals surface area (Å²) < 4.78 is 0. The standard InChI is InChI=1S/C9H10ClNO3/c1-6(11(13)14)9(12)7-4-2-3-5-8(7)10/h2-6,9,12H,1H3/t6-,9+/m0/s1. The Kier molecular flexibility index (Phi) is 3.43. The molecule has 0 radical (unpaired) electrons. The van der Waals surface area contributed by atoms with Crippen LogP contribution in [0.1, 0.15) is 18.6 Å². The van der Waals surface area contributed by atoms with Crippen LogP contribution in [0.15, 0.2) is 24.3 Å². The first kappa shape index (κ1) is 10.9. The number of nitro groups is 1. The average molecular weight is 216 g/mol. The van der Waals surface area contributed by atoms with Gasteiger partial charge in [0.1, 0.15) is 6.10 Å². The molecule has 0 heterocycles. The maximum atomic E-state index is 10.4. The molecule has 0 fully saturated rings. The van der Waals surface area contributed by atoms with E-state index in [1.165, 1.54) is 6.92 Å². The monoisotopic (exact) mass is 215 g/mol.